The number of nitro groups is 1. The number of anilines is 1. The van der Waals surface area contributed by atoms with E-state index in [0.29, 0.717) is 23.4 Å². The Bertz CT molecular complexity index is 904. The summed E-state index contributed by atoms with van der Waals surface area (Å²) in [6.45, 7) is 0.322. The number of fused-ring (bicyclic) bond motifs is 1. The number of rotatable bonds is 4. The van der Waals surface area contributed by atoms with Crippen LogP contribution in [0.4, 0.5) is 11.6 Å². The zero-order valence-corrected chi connectivity index (χ0v) is 11.4. The van der Waals surface area contributed by atoms with Crippen molar-refractivity contribution in [1.29, 1.82) is 0 Å². The van der Waals surface area contributed by atoms with Crippen LogP contribution in [0, 0.1) is 10.1 Å². The van der Waals surface area contributed by atoms with Crippen LogP contribution in [0.2, 0.25) is 0 Å². The lowest BCUT2D eigenvalue weighted by molar-refractivity contribution is -0.384. The lowest BCUT2D eigenvalue weighted by Gasteiger charge is -2.06. The molecule has 1 heterocycles. The summed E-state index contributed by atoms with van der Waals surface area (Å²) in [5, 5.41) is 14.2. The van der Waals surface area contributed by atoms with Crippen LogP contribution in [0.25, 0.3) is 10.9 Å². The highest BCUT2D eigenvalue weighted by Gasteiger charge is 2.06. The third-order valence-corrected chi connectivity index (χ3v) is 3.19. The molecule has 0 aliphatic rings. The van der Waals surface area contributed by atoms with E-state index in [-0.39, 0.29) is 11.2 Å². The average molecular weight is 296 g/mol. The molecule has 0 bridgehead atoms. The Morgan fingerprint density at radius 1 is 1.18 bits per heavy atom. The van der Waals surface area contributed by atoms with Crippen molar-refractivity contribution in [1.82, 2.24) is 9.97 Å². The van der Waals surface area contributed by atoms with Gasteiger partial charge in [0.1, 0.15) is 0 Å². The molecule has 0 atom stereocenters. The van der Waals surface area contributed by atoms with Gasteiger partial charge in [-0.3, -0.25) is 19.9 Å². The van der Waals surface area contributed by atoms with Gasteiger partial charge in [-0.15, -0.1) is 0 Å². The maximum absolute atomic E-state index is 11.9. The van der Waals surface area contributed by atoms with Gasteiger partial charge in [0.05, 0.1) is 15.8 Å². The van der Waals surface area contributed by atoms with Crippen LogP contribution in [0.1, 0.15) is 5.56 Å². The fraction of sp³-hybridized carbons (Fsp3) is 0.0667. The van der Waals surface area contributed by atoms with Gasteiger partial charge in [-0.1, -0.05) is 24.3 Å². The Morgan fingerprint density at radius 3 is 2.82 bits per heavy atom. The zero-order valence-electron chi connectivity index (χ0n) is 11.4. The van der Waals surface area contributed by atoms with Crippen molar-refractivity contribution in [2.24, 2.45) is 0 Å². The highest BCUT2D eigenvalue weighted by Crippen LogP contribution is 2.14. The van der Waals surface area contributed by atoms with Gasteiger partial charge in [0.25, 0.3) is 11.2 Å². The molecule has 2 N–H and O–H groups in total. The Labute approximate surface area is 124 Å². The number of aromatic amines is 1. The van der Waals surface area contributed by atoms with Gasteiger partial charge in [0, 0.05) is 18.7 Å². The summed E-state index contributed by atoms with van der Waals surface area (Å²) in [7, 11) is 0. The molecular formula is C15H12N4O3. The molecule has 1 aromatic heterocycles. The largest absolute Gasteiger partial charge is 0.352 e. The number of nitro benzene ring substituents is 1. The van der Waals surface area contributed by atoms with E-state index in [4.69, 9.17) is 0 Å². The summed E-state index contributed by atoms with van der Waals surface area (Å²) in [5.41, 5.74) is 1.12. The van der Waals surface area contributed by atoms with Gasteiger partial charge in [-0.2, -0.15) is 0 Å². The molecule has 0 fully saturated rings. The maximum atomic E-state index is 11.9. The predicted molar refractivity (Wildman–Crippen MR) is 82.8 cm³/mol. The molecule has 110 valence electrons. The highest BCUT2D eigenvalue weighted by molar-refractivity contribution is 5.78. The number of benzene rings is 2. The molecule has 0 unspecified atom stereocenters. The van der Waals surface area contributed by atoms with Gasteiger partial charge < -0.3 is 5.32 Å². The minimum Gasteiger partial charge on any atom is -0.352 e. The molecule has 7 heteroatoms. The third kappa shape index (κ3) is 2.78. The monoisotopic (exact) mass is 296 g/mol. The standard InChI is InChI=1S/C15H12N4O3/c20-14-12-6-1-2-7-13(12)17-15(18-14)16-9-10-4-3-5-11(8-10)19(21)22/h1-8H,9H2,(H2,16,17,18,20). The Balaban J connectivity index is 1.83. The van der Waals surface area contributed by atoms with Crippen molar-refractivity contribution in [3.63, 3.8) is 0 Å². The quantitative estimate of drug-likeness (QED) is 0.569. The Morgan fingerprint density at radius 2 is 2.00 bits per heavy atom. The van der Waals surface area contributed by atoms with E-state index in [0.717, 1.165) is 5.56 Å². The summed E-state index contributed by atoms with van der Waals surface area (Å²) in [5.74, 6) is 0.329. The number of aromatic nitrogens is 2. The van der Waals surface area contributed by atoms with E-state index in [2.05, 4.69) is 15.3 Å². The number of hydrogen-bond acceptors (Lipinski definition) is 5. The SMILES string of the molecule is O=c1[nH]c(NCc2cccc([N+](=O)[O-])c2)nc2ccccc12. The number of nitrogens with one attached hydrogen (secondary N) is 2. The lowest BCUT2D eigenvalue weighted by Crippen LogP contribution is -2.13. The number of non-ortho nitro benzene ring substituents is 1. The van der Waals surface area contributed by atoms with E-state index in [9.17, 15) is 14.9 Å². The molecule has 0 aliphatic carbocycles. The van der Waals surface area contributed by atoms with E-state index in [1.165, 1.54) is 12.1 Å². The van der Waals surface area contributed by atoms with Crippen molar-refractivity contribution in [3.05, 3.63) is 74.6 Å². The van der Waals surface area contributed by atoms with E-state index in [1.54, 1.807) is 36.4 Å². The minimum atomic E-state index is -0.445. The average Bonchev–Trinajstić information content (AvgIpc) is 2.53. The van der Waals surface area contributed by atoms with Crippen LogP contribution in [-0.4, -0.2) is 14.9 Å². The minimum absolute atomic E-state index is 0.0271. The first-order valence-corrected chi connectivity index (χ1v) is 6.60. The van der Waals surface area contributed by atoms with Crippen molar-refractivity contribution in [3.8, 4) is 0 Å². The first-order chi connectivity index (χ1) is 10.6. The van der Waals surface area contributed by atoms with Gasteiger partial charge in [-0.25, -0.2) is 4.98 Å². The first kappa shape index (κ1) is 13.7. The van der Waals surface area contributed by atoms with Crippen molar-refractivity contribution in [2.75, 3.05) is 5.32 Å². The van der Waals surface area contributed by atoms with Crippen molar-refractivity contribution >= 4 is 22.5 Å². The molecular weight excluding hydrogens is 284 g/mol. The van der Waals surface area contributed by atoms with Crippen LogP contribution in [-0.2, 0) is 6.54 Å². The highest BCUT2D eigenvalue weighted by atomic mass is 16.6. The van der Waals surface area contributed by atoms with Crippen molar-refractivity contribution in [2.45, 2.75) is 6.54 Å². The first-order valence-electron chi connectivity index (χ1n) is 6.60. The normalized spacial score (nSPS) is 10.5. The fourth-order valence-electron chi connectivity index (χ4n) is 2.14. The fourth-order valence-corrected chi connectivity index (χ4v) is 2.14. The van der Waals surface area contributed by atoms with Crippen LogP contribution in [0.5, 0.6) is 0 Å². The van der Waals surface area contributed by atoms with Crippen LogP contribution in [0.3, 0.4) is 0 Å². The lowest BCUT2D eigenvalue weighted by atomic mass is 10.2. The molecule has 7 nitrogen and oxygen atoms in total. The molecule has 22 heavy (non-hydrogen) atoms. The summed E-state index contributed by atoms with van der Waals surface area (Å²) in [4.78, 5) is 29.2. The number of H-pyrrole nitrogens is 1. The molecule has 0 amide bonds. The van der Waals surface area contributed by atoms with E-state index < -0.39 is 4.92 Å². The molecule has 0 radical (unpaired) electrons. The second kappa shape index (κ2) is 5.65. The smallest absolute Gasteiger partial charge is 0.269 e. The van der Waals surface area contributed by atoms with E-state index >= 15 is 0 Å². The molecule has 3 rings (SSSR count). The number of para-hydroxylation sites is 1. The van der Waals surface area contributed by atoms with Gasteiger partial charge >= 0.3 is 0 Å². The molecule has 3 aromatic rings. The van der Waals surface area contributed by atoms with Gasteiger partial charge in [-0.05, 0) is 17.7 Å². The molecule has 0 aliphatic heterocycles. The maximum Gasteiger partial charge on any atom is 0.269 e. The van der Waals surface area contributed by atoms with Gasteiger partial charge in [0.15, 0.2) is 0 Å². The third-order valence-electron chi connectivity index (χ3n) is 3.19. The topological polar surface area (TPSA) is 101 Å². The Kier molecular flexibility index (Phi) is 3.53. The summed E-state index contributed by atoms with van der Waals surface area (Å²) in [6.07, 6.45) is 0. The summed E-state index contributed by atoms with van der Waals surface area (Å²) >= 11 is 0. The number of nitrogens with zero attached hydrogens (tertiary/aromatic N) is 2. The van der Waals surface area contributed by atoms with E-state index in [1.807, 2.05) is 0 Å². The van der Waals surface area contributed by atoms with Crippen LogP contribution >= 0.6 is 0 Å². The molecule has 0 spiro atoms. The summed E-state index contributed by atoms with van der Waals surface area (Å²) in [6, 6.07) is 13.3. The van der Waals surface area contributed by atoms with Gasteiger partial charge in [0.2, 0.25) is 5.95 Å². The molecule has 0 saturated heterocycles. The van der Waals surface area contributed by atoms with Crippen LogP contribution < -0.4 is 10.9 Å². The second-order valence-electron chi connectivity index (χ2n) is 4.71. The number of hydrogen-bond donors (Lipinski definition) is 2. The molecule has 2 aromatic carbocycles. The second-order valence-corrected chi connectivity index (χ2v) is 4.71. The van der Waals surface area contributed by atoms with Crippen molar-refractivity contribution < 1.29 is 4.92 Å². The van der Waals surface area contributed by atoms with Crippen LogP contribution in [0.15, 0.2) is 53.3 Å². The zero-order chi connectivity index (χ0) is 15.5. The predicted octanol–water partition coefficient (Wildman–Crippen LogP) is 2.44. The summed E-state index contributed by atoms with van der Waals surface area (Å²) < 4.78 is 0. The molecule has 0 saturated carbocycles. The Hall–Kier alpha value is -3.22.